The Hall–Kier alpha value is -1.07. The van der Waals surface area contributed by atoms with E-state index in [1.165, 1.54) is 0 Å². The van der Waals surface area contributed by atoms with Crippen LogP contribution in [-0.4, -0.2) is 19.2 Å². The topological polar surface area (TPSA) is 21.3 Å². The van der Waals surface area contributed by atoms with Crippen molar-refractivity contribution in [3.05, 3.63) is 35.1 Å². The first kappa shape index (κ1) is 11.4. The molecule has 0 aliphatic carbocycles. The molecule has 1 N–H and O–H groups in total. The Labute approximate surface area is 91.4 Å². The Balaban J connectivity index is 2.00. The standard InChI is InChI=1S/C11H12F3NO/c12-9-4-11(14)10(13)3-7(9)6-16-8-1-2-15-5-8/h3-4,8,15H,1-2,5-6H2. The lowest BCUT2D eigenvalue weighted by molar-refractivity contribution is 0.0523. The Kier molecular flexibility index (Phi) is 3.46. The predicted octanol–water partition coefficient (Wildman–Crippen LogP) is 1.98. The van der Waals surface area contributed by atoms with Crippen molar-refractivity contribution in [2.75, 3.05) is 13.1 Å². The minimum absolute atomic E-state index is 0.0208. The quantitative estimate of drug-likeness (QED) is 0.803. The monoisotopic (exact) mass is 231 g/mol. The summed E-state index contributed by atoms with van der Waals surface area (Å²) in [5.74, 6) is -3.00. The first-order valence-corrected chi connectivity index (χ1v) is 5.12. The van der Waals surface area contributed by atoms with Gasteiger partial charge in [0.1, 0.15) is 5.82 Å². The van der Waals surface area contributed by atoms with Gasteiger partial charge in [0.2, 0.25) is 0 Å². The summed E-state index contributed by atoms with van der Waals surface area (Å²) in [4.78, 5) is 0. The van der Waals surface area contributed by atoms with Crippen LogP contribution in [-0.2, 0) is 11.3 Å². The summed E-state index contributed by atoms with van der Waals surface area (Å²) in [6.07, 6.45) is 0.873. The van der Waals surface area contributed by atoms with Gasteiger partial charge in [-0.05, 0) is 19.0 Å². The lowest BCUT2D eigenvalue weighted by atomic mass is 10.2. The number of halogens is 3. The predicted molar refractivity (Wildman–Crippen MR) is 52.4 cm³/mol. The molecule has 0 amide bonds. The zero-order valence-corrected chi connectivity index (χ0v) is 8.60. The summed E-state index contributed by atoms with van der Waals surface area (Å²) in [6.45, 7) is 1.55. The van der Waals surface area contributed by atoms with Crippen LogP contribution in [0.4, 0.5) is 13.2 Å². The second-order valence-electron chi connectivity index (χ2n) is 3.78. The van der Waals surface area contributed by atoms with Crippen LogP contribution in [0.15, 0.2) is 12.1 Å². The van der Waals surface area contributed by atoms with E-state index in [1.54, 1.807) is 0 Å². The van der Waals surface area contributed by atoms with Gasteiger partial charge < -0.3 is 10.1 Å². The van der Waals surface area contributed by atoms with E-state index < -0.39 is 17.5 Å². The molecule has 0 radical (unpaired) electrons. The van der Waals surface area contributed by atoms with Gasteiger partial charge in [-0.15, -0.1) is 0 Å². The number of rotatable bonds is 3. The lowest BCUT2D eigenvalue weighted by Crippen LogP contribution is -2.17. The fourth-order valence-corrected chi connectivity index (χ4v) is 1.65. The molecule has 0 saturated carbocycles. The Morgan fingerprint density at radius 2 is 1.94 bits per heavy atom. The molecule has 1 atom stereocenters. The van der Waals surface area contributed by atoms with E-state index in [0.717, 1.165) is 19.0 Å². The number of benzene rings is 1. The molecular formula is C11H12F3NO. The molecule has 2 nitrogen and oxygen atoms in total. The van der Waals surface area contributed by atoms with Crippen LogP contribution in [0.25, 0.3) is 0 Å². The molecule has 5 heteroatoms. The number of hydrogen-bond acceptors (Lipinski definition) is 2. The Bertz CT molecular complexity index is 378. The van der Waals surface area contributed by atoms with E-state index >= 15 is 0 Å². The van der Waals surface area contributed by atoms with E-state index in [-0.39, 0.29) is 18.3 Å². The average Bonchev–Trinajstić information content (AvgIpc) is 2.74. The summed E-state index contributed by atoms with van der Waals surface area (Å²) in [6, 6.07) is 1.38. The summed E-state index contributed by atoms with van der Waals surface area (Å²) < 4.78 is 44.1. The molecule has 0 spiro atoms. The lowest BCUT2D eigenvalue weighted by Gasteiger charge is -2.11. The largest absolute Gasteiger partial charge is 0.372 e. The van der Waals surface area contributed by atoms with Gasteiger partial charge in [0.25, 0.3) is 0 Å². The van der Waals surface area contributed by atoms with Crippen molar-refractivity contribution in [1.82, 2.24) is 5.32 Å². The fraction of sp³-hybridized carbons (Fsp3) is 0.455. The highest BCUT2D eigenvalue weighted by Gasteiger charge is 2.16. The highest BCUT2D eigenvalue weighted by molar-refractivity contribution is 5.19. The molecule has 1 unspecified atom stereocenters. The summed E-state index contributed by atoms with van der Waals surface area (Å²) in [5, 5.41) is 3.09. The van der Waals surface area contributed by atoms with Gasteiger partial charge in [0.05, 0.1) is 12.7 Å². The molecule has 0 bridgehead atoms. The first-order valence-electron chi connectivity index (χ1n) is 5.12. The van der Waals surface area contributed by atoms with E-state index in [0.29, 0.717) is 12.6 Å². The normalized spacial score (nSPS) is 20.3. The van der Waals surface area contributed by atoms with Crippen molar-refractivity contribution in [3.63, 3.8) is 0 Å². The molecular weight excluding hydrogens is 219 g/mol. The molecule has 1 aromatic carbocycles. The van der Waals surface area contributed by atoms with Crippen LogP contribution in [0.3, 0.4) is 0 Å². The maximum atomic E-state index is 13.2. The summed E-state index contributed by atoms with van der Waals surface area (Å²) in [7, 11) is 0. The third-order valence-electron chi connectivity index (χ3n) is 2.58. The molecule has 0 aromatic heterocycles. The van der Waals surface area contributed by atoms with Crippen molar-refractivity contribution in [2.24, 2.45) is 0 Å². The fourth-order valence-electron chi connectivity index (χ4n) is 1.65. The highest BCUT2D eigenvalue weighted by atomic mass is 19.2. The summed E-state index contributed by atoms with van der Waals surface area (Å²) in [5.41, 5.74) is 0.0470. The molecule has 1 aliphatic rings. The second-order valence-corrected chi connectivity index (χ2v) is 3.78. The van der Waals surface area contributed by atoms with Crippen LogP contribution >= 0.6 is 0 Å². The van der Waals surface area contributed by atoms with Crippen molar-refractivity contribution in [2.45, 2.75) is 19.1 Å². The minimum atomic E-state index is -1.18. The van der Waals surface area contributed by atoms with E-state index in [9.17, 15) is 13.2 Å². The van der Waals surface area contributed by atoms with E-state index in [2.05, 4.69) is 5.32 Å². The number of nitrogens with one attached hydrogen (secondary N) is 1. The van der Waals surface area contributed by atoms with Crippen LogP contribution in [0.5, 0.6) is 0 Å². The van der Waals surface area contributed by atoms with E-state index in [4.69, 9.17) is 4.74 Å². The number of hydrogen-bond donors (Lipinski definition) is 1. The van der Waals surface area contributed by atoms with Crippen LogP contribution < -0.4 is 5.32 Å². The smallest absolute Gasteiger partial charge is 0.161 e. The van der Waals surface area contributed by atoms with Gasteiger partial charge in [-0.3, -0.25) is 0 Å². The second kappa shape index (κ2) is 4.84. The third-order valence-corrected chi connectivity index (χ3v) is 2.58. The molecule has 1 heterocycles. The molecule has 1 saturated heterocycles. The Morgan fingerprint density at radius 1 is 1.19 bits per heavy atom. The SMILES string of the molecule is Fc1cc(F)c(COC2CCNC2)cc1F. The maximum Gasteiger partial charge on any atom is 0.161 e. The highest BCUT2D eigenvalue weighted by Crippen LogP contribution is 2.16. The van der Waals surface area contributed by atoms with Crippen LogP contribution in [0, 0.1) is 17.5 Å². The molecule has 1 aliphatic heterocycles. The van der Waals surface area contributed by atoms with Gasteiger partial charge in [0, 0.05) is 18.2 Å². The Morgan fingerprint density at radius 3 is 2.62 bits per heavy atom. The van der Waals surface area contributed by atoms with Crippen molar-refractivity contribution in [1.29, 1.82) is 0 Å². The molecule has 88 valence electrons. The zero-order chi connectivity index (χ0) is 11.5. The molecule has 16 heavy (non-hydrogen) atoms. The van der Waals surface area contributed by atoms with Gasteiger partial charge >= 0.3 is 0 Å². The van der Waals surface area contributed by atoms with Crippen LogP contribution in [0.2, 0.25) is 0 Å². The average molecular weight is 231 g/mol. The van der Waals surface area contributed by atoms with Gasteiger partial charge in [-0.25, -0.2) is 13.2 Å². The maximum absolute atomic E-state index is 13.2. The van der Waals surface area contributed by atoms with Gasteiger partial charge in [-0.1, -0.05) is 0 Å². The summed E-state index contributed by atoms with van der Waals surface area (Å²) >= 11 is 0. The molecule has 1 fully saturated rings. The zero-order valence-electron chi connectivity index (χ0n) is 8.60. The van der Waals surface area contributed by atoms with Crippen molar-refractivity contribution < 1.29 is 17.9 Å². The van der Waals surface area contributed by atoms with Crippen LogP contribution in [0.1, 0.15) is 12.0 Å². The van der Waals surface area contributed by atoms with Crippen molar-refractivity contribution in [3.8, 4) is 0 Å². The number of ether oxygens (including phenoxy) is 1. The first-order chi connectivity index (χ1) is 7.66. The van der Waals surface area contributed by atoms with Crippen molar-refractivity contribution >= 4 is 0 Å². The van der Waals surface area contributed by atoms with E-state index in [1.807, 2.05) is 0 Å². The molecule has 1 aromatic rings. The third kappa shape index (κ3) is 2.54. The molecule has 2 rings (SSSR count). The van der Waals surface area contributed by atoms with Gasteiger partial charge in [0.15, 0.2) is 11.6 Å². The van der Waals surface area contributed by atoms with Gasteiger partial charge in [-0.2, -0.15) is 0 Å². The minimum Gasteiger partial charge on any atom is -0.372 e.